The molecule has 0 spiro atoms. The number of para-hydroxylation sites is 1. The lowest BCUT2D eigenvalue weighted by Gasteiger charge is -2.20. The molecule has 0 bridgehead atoms. The molecule has 0 atom stereocenters. The van der Waals surface area contributed by atoms with Gasteiger partial charge in [0, 0.05) is 24.1 Å². The van der Waals surface area contributed by atoms with Crippen LogP contribution in [0.25, 0.3) is 0 Å². The van der Waals surface area contributed by atoms with Crippen molar-refractivity contribution in [2.75, 3.05) is 26.5 Å². The summed E-state index contributed by atoms with van der Waals surface area (Å²) in [6.07, 6.45) is 3.71. The molecule has 1 fully saturated rings. The van der Waals surface area contributed by atoms with Gasteiger partial charge in [-0.2, -0.15) is 0 Å². The van der Waals surface area contributed by atoms with Crippen molar-refractivity contribution < 1.29 is 9.47 Å². The quantitative estimate of drug-likeness (QED) is 0.812. The van der Waals surface area contributed by atoms with Crippen molar-refractivity contribution in [1.82, 2.24) is 15.3 Å². The summed E-state index contributed by atoms with van der Waals surface area (Å²) in [5.74, 6) is 1.92. The molecule has 0 amide bonds. The van der Waals surface area contributed by atoms with Gasteiger partial charge in [-0.05, 0) is 18.9 Å². The molecule has 6 heteroatoms. The molecule has 1 aromatic carbocycles. The highest BCUT2D eigenvalue weighted by molar-refractivity contribution is 5.45. The van der Waals surface area contributed by atoms with Crippen LogP contribution in [0.3, 0.4) is 0 Å². The molecule has 6 nitrogen and oxygen atoms in total. The standard InChI is InChI=1S/C17H22N4O2/c1-22-14-6-4-3-5-13(14)17(7-8-17)10-19-9-12-15(18)20-11-21-16(12)23-2/h3-6,11,19H,7-10H2,1-2H3,(H2,18,20,21). The summed E-state index contributed by atoms with van der Waals surface area (Å²) < 4.78 is 10.8. The van der Waals surface area contributed by atoms with Crippen LogP contribution in [0.1, 0.15) is 24.0 Å². The minimum absolute atomic E-state index is 0.143. The smallest absolute Gasteiger partial charge is 0.222 e. The van der Waals surface area contributed by atoms with Gasteiger partial charge in [-0.15, -0.1) is 0 Å². The van der Waals surface area contributed by atoms with E-state index in [-0.39, 0.29) is 5.41 Å². The number of aromatic nitrogens is 2. The van der Waals surface area contributed by atoms with E-state index in [1.807, 2.05) is 12.1 Å². The van der Waals surface area contributed by atoms with E-state index in [1.165, 1.54) is 11.9 Å². The molecule has 1 saturated carbocycles. The van der Waals surface area contributed by atoms with Crippen LogP contribution in [0.15, 0.2) is 30.6 Å². The zero-order chi connectivity index (χ0) is 16.3. The highest BCUT2D eigenvalue weighted by Gasteiger charge is 2.45. The van der Waals surface area contributed by atoms with E-state index in [9.17, 15) is 0 Å². The fraction of sp³-hybridized carbons (Fsp3) is 0.412. The molecular formula is C17H22N4O2. The summed E-state index contributed by atoms with van der Waals surface area (Å²) in [5, 5.41) is 3.47. The zero-order valence-electron chi connectivity index (χ0n) is 13.5. The lowest BCUT2D eigenvalue weighted by molar-refractivity contribution is 0.388. The molecule has 1 aliphatic carbocycles. The van der Waals surface area contributed by atoms with Crippen molar-refractivity contribution in [2.45, 2.75) is 24.8 Å². The Kier molecular flexibility index (Phi) is 4.34. The summed E-state index contributed by atoms with van der Waals surface area (Å²) in [7, 11) is 3.30. The Morgan fingerprint density at radius 2 is 1.96 bits per heavy atom. The van der Waals surface area contributed by atoms with Gasteiger partial charge in [-0.3, -0.25) is 0 Å². The number of methoxy groups -OCH3 is 2. The Morgan fingerprint density at radius 1 is 1.17 bits per heavy atom. The number of nitrogen functional groups attached to an aromatic ring is 1. The Balaban J connectivity index is 1.70. The van der Waals surface area contributed by atoms with E-state index in [2.05, 4.69) is 27.4 Å². The summed E-state index contributed by atoms with van der Waals surface area (Å²) in [6.45, 7) is 1.43. The van der Waals surface area contributed by atoms with Gasteiger partial charge in [0.2, 0.25) is 5.88 Å². The lowest BCUT2D eigenvalue weighted by Crippen LogP contribution is -2.27. The van der Waals surface area contributed by atoms with Gasteiger partial charge in [0.15, 0.2) is 0 Å². The van der Waals surface area contributed by atoms with E-state index in [0.29, 0.717) is 18.2 Å². The minimum Gasteiger partial charge on any atom is -0.496 e. The van der Waals surface area contributed by atoms with Crippen molar-refractivity contribution in [3.8, 4) is 11.6 Å². The molecule has 3 N–H and O–H groups in total. The number of nitrogens with two attached hydrogens (primary N) is 1. The first-order chi connectivity index (χ1) is 11.2. The Bertz CT molecular complexity index is 686. The molecule has 122 valence electrons. The van der Waals surface area contributed by atoms with Crippen LogP contribution >= 0.6 is 0 Å². The number of anilines is 1. The number of ether oxygens (including phenoxy) is 2. The van der Waals surface area contributed by atoms with Gasteiger partial charge in [-0.1, -0.05) is 18.2 Å². The average Bonchev–Trinajstić information content (AvgIpc) is 3.37. The molecule has 0 radical (unpaired) electrons. The van der Waals surface area contributed by atoms with Gasteiger partial charge in [0.1, 0.15) is 17.9 Å². The van der Waals surface area contributed by atoms with E-state index in [1.54, 1.807) is 14.2 Å². The Labute approximate surface area is 136 Å². The summed E-state index contributed by atoms with van der Waals surface area (Å²) in [4.78, 5) is 8.13. The van der Waals surface area contributed by atoms with Crippen molar-refractivity contribution in [2.24, 2.45) is 0 Å². The largest absolute Gasteiger partial charge is 0.496 e. The van der Waals surface area contributed by atoms with Crippen LogP contribution in [-0.4, -0.2) is 30.7 Å². The molecule has 1 heterocycles. The zero-order valence-corrected chi connectivity index (χ0v) is 13.5. The predicted molar refractivity (Wildman–Crippen MR) is 88.6 cm³/mol. The van der Waals surface area contributed by atoms with E-state index in [0.717, 1.165) is 30.7 Å². The lowest BCUT2D eigenvalue weighted by atomic mass is 9.95. The Morgan fingerprint density at radius 3 is 2.65 bits per heavy atom. The molecule has 23 heavy (non-hydrogen) atoms. The van der Waals surface area contributed by atoms with E-state index >= 15 is 0 Å². The fourth-order valence-electron chi connectivity index (χ4n) is 2.95. The molecule has 0 aliphatic heterocycles. The molecule has 0 saturated heterocycles. The topological polar surface area (TPSA) is 82.3 Å². The minimum atomic E-state index is 0.143. The first-order valence-electron chi connectivity index (χ1n) is 7.68. The second kappa shape index (κ2) is 6.42. The van der Waals surface area contributed by atoms with Crippen molar-refractivity contribution in [1.29, 1.82) is 0 Å². The van der Waals surface area contributed by atoms with Crippen molar-refractivity contribution in [3.05, 3.63) is 41.7 Å². The van der Waals surface area contributed by atoms with Crippen LogP contribution in [-0.2, 0) is 12.0 Å². The third-order valence-corrected chi connectivity index (χ3v) is 4.43. The third-order valence-electron chi connectivity index (χ3n) is 4.43. The molecule has 0 unspecified atom stereocenters. The van der Waals surface area contributed by atoms with Crippen LogP contribution in [0, 0.1) is 0 Å². The monoisotopic (exact) mass is 314 g/mol. The molecule has 1 aliphatic rings. The predicted octanol–water partition coefficient (Wildman–Crippen LogP) is 1.90. The summed E-state index contributed by atoms with van der Waals surface area (Å²) in [6, 6.07) is 8.22. The van der Waals surface area contributed by atoms with Crippen LogP contribution in [0.2, 0.25) is 0 Å². The highest BCUT2D eigenvalue weighted by Crippen LogP contribution is 2.50. The van der Waals surface area contributed by atoms with Gasteiger partial charge in [0.05, 0.1) is 19.8 Å². The fourth-order valence-corrected chi connectivity index (χ4v) is 2.95. The normalized spacial score (nSPS) is 15.2. The maximum atomic E-state index is 5.93. The maximum absolute atomic E-state index is 5.93. The van der Waals surface area contributed by atoms with Crippen molar-refractivity contribution in [3.63, 3.8) is 0 Å². The van der Waals surface area contributed by atoms with Gasteiger partial charge < -0.3 is 20.5 Å². The highest BCUT2D eigenvalue weighted by atomic mass is 16.5. The van der Waals surface area contributed by atoms with Gasteiger partial charge in [-0.25, -0.2) is 9.97 Å². The van der Waals surface area contributed by atoms with Gasteiger partial charge >= 0.3 is 0 Å². The number of nitrogens with one attached hydrogen (secondary N) is 1. The summed E-state index contributed by atoms with van der Waals surface area (Å²) >= 11 is 0. The summed E-state index contributed by atoms with van der Waals surface area (Å²) in [5.41, 5.74) is 8.13. The molecular weight excluding hydrogens is 292 g/mol. The number of nitrogens with zero attached hydrogens (tertiary/aromatic N) is 2. The molecule has 1 aromatic heterocycles. The number of hydrogen-bond acceptors (Lipinski definition) is 6. The van der Waals surface area contributed by atoms with Crippen LogP contribution in [0.5, 0.6) is 11.6 Å². The third kappa shape index (κ3) is 3.07. The van der Waals surface area contributed by atoms with Crippen molar-refractivity contribution >= 4 is 5.82 Å². The molecule has 3 rings (SSSR count). The van der Waals surface area contributed by atoms with E-state index < -0.39 is 0 Å². The SMILES string of the molecule is COc1ccccc1C1(CNCc2c(N)ncnc2OC)CC1. The number of rotatable bonds is 7. The van der Waals surface area contributed by atoms with Gasteiger partial charge in [0.25, 0.3) is 0 Å². The molecule has 2 aromatic rings. The second-order valence-corrected chi connectivity index (χ2v) is 5.83. The first-order valence-corrected chi connectivity index (χ1v) is 7.68. The first kappa shape index (κ1) is 15.6. The maximum Gasteiger partial charge on any atom is 0.222 e. The van der Waals surface area contributed by atoms with Crippen LogP contribution in [0.4, 0.5) is 5.82 Å². The number of hydrogen-bond donors (Lipinski definition) is 2. The van der Waals surface area contributed by atoms with E-state index in [4.69, 9.17) is 15.2 Å². The average molecular weight is 314 g/mol. The second-order valence-electron chi connectivity index (χ2n) is 5.83. The number of benzene rings is 1. The van der Waals surface area contributed by atoms with Crippen LogP contribution < -0.4 is 20.5 Å². The Hall–Kier alpha value is -2.34.